The van der Waals surface area contributed by atoms with E-state index in [0.29, 0.717) is 24.1 Å². The number of ether oxygens (including phenoxy) is 1. The molecule has 6 nitrogen and oxygen atoms in total. The lowest BCUT2D eigenvalue weighted by Crippen LogP contribution is -2.38. The first-order valence-electron chi connectivity index (χ1n) is 11.4. The summed E-state index contributed by atoms with van der Waals surface area (Å²) >= 11 is 1.27. The van der Waals surface area contributed by atoms with Gasteiger partial charge in [0.2, 0.25) is 0 Å². The van der Waals surface area contributed by atoms with E-state index in [1.54, 1.807) is 12.1 Å². The summed E-state index contributed by atoms with van der Waals surface area (Å²) in [6, 6.07) is 8.64. The summed E-state index contributed by atoms with van der Waals surface area (Å²) in [5.74, 6) is -0.925. The van der Waals surface area contributed by atoms with Crippen LogP contribution in [-0.4, -0.2) is 54.8 Å². The molecule has 0 amide bonds. The third-order valence-electron chi connectivity index (χ3n) is 6.26. The van der Waals surface area contributed by atoms with Gasteiger partial charge in [-0.25, -0.2) is 9.18 Å². The number of carboxylic acid groups (broad SMARTS) is 1. The predicted octanol–water partition coefficient (Wildman–Crippen LogP) is 5.36. The lowest BCUT2D eigenvalue weighted by Gasteiger charge is -2.34. The summed E-state index contributed by atoms with van der Waals surface area (Å²) in [4.78, 5) is 17.5. The van der Waals surface area contributed by atoms with E-state index < -0.39 is 5.97 Å². The van der Waals surface area contributed by atoms with Crippen LogP contribution in [0.4, 0.5) is 15.8 Å². The van der Waals surface area contributed by atoms with Gasteiger partial charge in [-0.2, -0.15) is 0 Å². The summed E-state index contributed by atoms with van der Waals surface area (Å²) in [6.07, 6.45) is 6.08. The van der Waals surface area contributed by atoms with Crippen LogP contribution in [0.1, 0.15) is 42.6 Å². The Hall–Kier alpha value is -2.71. The maximum absolute atomic E-state index is 13.9. The molecule has 0 bridgehead atoms. The van der Waals surface area contributed by atoms with Crippen molar-refractivity contribution in [3.63, 3.8) is 0 Å². The van der Waals surface area contributed by atoms with Crippen molar-refractivity contribution in [1.29, 1.82) is 0 Å². The van der Waals surface area contributed by atoms with E-state index in [2.05, 4.69) is 28.4 Å². The Kier molecular flexibility index (Phi) is 7.45. The normalized spacial score (nSPS) is 17.2. The molecule has 2 aromatic carbocycles. The summed E-state index contributed by atoms with van der Waals surface area (Å²) in [6.45, 7) is 8.31. The van der Waals surface area contributed by atoms with Crippen LogP contribution in [-0.2, 0) is 0 Å². The molecule has 0 aliphatic carbocycles. The maximum atomic E-state index is 13.9. The molecule has 0 saturated carbocycles. The number of carboxylic acids is 1. The molecule has 2 aliphatic rings. The van der Waals surface area contributed by atoms with Gasteiger partial charge in [0.15, 0.2) is 5.75 Å². The maximum Gasteiger partial charge on any atom is 0.341 e. The van der Waals surface area contributed by atoms with Gasteiger partial charge in [-0.05, 0) is 73.8 Å². The molecule has 1 saturated heterocycles. The number of rotatable bonds is 9. The highest BCUT2D eigenvalue weighted by atomic mass is 32.2. The van der Waals surface area contributed by atoms with E-state index in [0.717, 1.165) is 55.2 Å². The smallest absolute Gasteiger partial charge is 0.341 e. The van der Waals surface area contributed by atoms with E-state index in [-0.39, 0.29) is 11.4 Å². The van der Waals surface area contributed by atoms with Crippen LogP contribution in [0.15, 0.2) is 41.3 Å². The molecule has 2 N–H and O–H groups in total. The first-order chi connectivity index (χ1) is 16.0. The lowest BCUT2D eigenvalue weighted by molar-refractivity contribution is 0.0692. The van der Waals surface area contributed by atoms with Gasteiger partial charge in [0, 0.05) is 18.0 Å². The Morgan fingerprint density at radius 3 is 2.91 bits per heavy atom. The SMILES string of the molecule is CCN(CC)C/C=C\c1cc(F)ccc1SNc1ccc2c(c1C(=O)O)OC[C@H]1CCCN21. The molecule has 2 aromatic rings. The van der Waals surface area contributed by atoms with Crippen molar-refractivity contribution in [3.05, 3.63) is 53.4 Å². The summed E-state index contributed by atoms with van der Waals surface area (Å²) in [5.41, 5.74) is 2.18. The van der Waals surface area contributed by atoms with Crippen LogP contribution >= 0.6 is 11.9 Å². The molecule has 0 unspecified atom stereocenters. The second kappa shape index (κ2) is 10.5. The highest BCUT2D eigenvalue weighted by molar-refractivity contribution is 8.00. The fourth-order valence-electron chi connectivity index (χ4n) is 4.41. The van der Waals surface area contributed by atoms with Gasteiger partial charge in [0.25, 0.3) is 0 Å². The highest BCUT2D eigenvalue weighted by Gasteiger charge is 2.34. The van der Waals surface area contributed by atoms with Gasteiger partial charge in [-0.3, -0.25) is 0 Å². The zero-order chi connectivity index (χ0) is 23.4. The Morgan fingerprint density at radius 2 is 2.15 bits per heavy atom. The van der Waals surface area contributed by atoms with E-state index in [1.165, 1.54) is 24.1 Å². The third-order valence-corrected chi connectivity index (χ3v) is 7.17. The predicted molar refractivity (Wildman–Crippen MR) is 132 cm³/mol. The Morgan fingerprint density at radius 1 is 1.33 bits per heavy atom. The fraction of sp³-hybridized carbons (Fsp3) is 0.400. The largest absolute Gasteiger partial charge is 0.488 e. The van der Waals surface area contributed by atoms with Crippen molar-refractivity contribution in [1.82, 2.24) is 4.90 Å². The van der Waals surface area contributed by atoms with Crippen molar-refractivity contribution >= 4 is 35.4 Å². The summed E-state index contributed by atoms with van der Waals surface area (Å²) in [5, 5.41) is 9.95. The van der Waals surface area contributed by atoms with Gasteiger partial charge < -0.3 is 24.4 Å². The molecule has 1 atom stereocenters. The molecule has 0 aromatic heterocycles. The molecule has 33 heavy (non-hydrogen) atoms. The minimum absolute atomic E-state index is 0.131. The minimum Gasteiger partial charge on any atom is -0.488 e. The number of nitrogens with zero attached hydrogens (tertiary/aromatic N) is 2. The quantitative estimate of drug-likeness (QED) is 0.477. The standard InChI is InChI=1S/C25H30FN3O3S/c1-3-28(4-2)13-5-7-17-15-18(26)9-12-22(17)33-27-20-10-11-21-24(23(20)25(30)31)32-16-19-8-6-14-29(19)21/h5,7,9-12,15,19,27H,3-4,6,8,13-14,16H2,1-2H3,(H,30,31)/b7-5-/t19-/m1/s1. The van der Waals surface area contributed by atoms with E-state index in [1.807, 2.05) is 18.2 Å². The lowest BCUT2D eigenvalue weighted by atomic mass is 10.1. The van der Waals surface area contributed by atoms with Crippen LogP contribution in [0.3, 0.4) is 0 Å². The van der Waals surface area contributed by atoms with Gasteiger partial charge in [-0.1, -0.05) is 26.0 Å². The van der Waals surface area contributed by atoms with Gasteiger partial charge in [0.1, 0.15) is 18.0 Å². The topological polar surface area (TPSA) is 65.0 Å². The van der Waals surface area contributed by atoms with E-state index in [9.17, 15) is 14.3 Å². The highest BCUT2D eigenvalue weighted by Crippen LogP contribution is 2.44. The number of anilines is 2. The number of likely N-dealkylation sites (N-methyl/N-ethyl adjacent to an activating group) is 1. The second-order valence-corrected chi connectivity index (χ2v) is 9.06. The molecule has 0 radical (unpaired) electrons. The average molecular weight is 472 g/mol. The number of fused-ring (bicyclic) bond motifs is 3. The molecular formula is C25H30FN3O3S. The summed E-state index contributed by atoms with van der Waals surface area (Å²) in [7, 11) is 0. The number of hydrogen-bond donors (Lipinski definition) is 2. The van der Waals surface area contributed by atoms with Crippen LogP contribution in [0.25, 0.3) is 6.08 Å². The number of halogens is 1. The van der Waals surface area contributed by atoms with E-state index in [4.69, 9.17) is 4.74 Å². The first-order valence-corrected chi connectivity index (χ1v) is 12.2. The Balaban J connectivity index is 1.56. The van der Waals surface area contributed by atoms with Crippen LogP contribution < -0.4 is 14.4 Å². The molecule has 2 aliphatic heterocycles. The number of carbonyl (C=O) groups is 1. The van der Waals surface area contributed by atoms with Crippen molar-refractivity contribution in [3.8, 4) is 5.75 Å². The molecule has 8 heteroatoms. The Labute approximate surface area is 198 Å². The molecule has 2 heterocycles. The summed E-state index contributed by atoms with van der Waals surface area (Å²) < 4.78 is 23.0. The number of benzene rings is 2. The molecule has 176 valence electrons. The number of nitrogens with one attached hydrogen (secondary N) is 1. The first kappa shape index (κ1) is 23.4. The van der Waals surface area contributed by atoms with Crippen LogP contribution in [0.2, 0.25) is 0 Å². The van der Waals surface area contributed by atoms with Crippen molar-refractivity contribution < 1.29 is 19.0 Å². The zero-order valence-corrected chi connectivity index (χ0v) is 19.8. The van der Waals surface area contributed by atoms with Crippen LogP contribution in [0.5, 0.6) is 5.75 Å². The van der Waals surface area contributed by atoms with Gasteiger partial charge in [-0.15, -0.1) is 0 Å². The zero-order valence-electron chi connectivity index (χ0n) is 19.0. The molecule has 0 spiro atoms. The Bertz CT molecular complexity index is 1040. The van der Waals surface area contributed by atoms with Crippen molar-refractivity contribution in [2.45, 2.75) is 37.6 Å². The molecule has 4 rings (SSSR count). The third kappa shape index (κ3) is 5.12. The fourth-order valence-corrected chi connectivity index (χ4v) is 5.18. The van der Waals surface area contributed by atoms with Crippen molar-refractivity contribution in [2.24, 2.45) is 0 Å². The monoisotopic (exact) mass is 471 g/mol. The number of aromatic carboxylic acids is 1. The van der Waals surface area contributed by atoms with Crippen LogP contribution in [0, 0.1) is 5.82 Å². The molecule has 1 fully saturated rings. The minimum atomic E-state index is -1.04. The average Bonchev–Trinajstić information content (AvgIpc) is 3.30. The second-order valence-electron chi connectivity index (χ2n) is 8.22. The van der Waals surface area contributed by atoms with Gasteiger partial charge >= 0.3 is 5.97 Å². The number of hydrogen-bond acceptors (Lipinski definition) is 6. The molecular weight excluding hydrogens is 441 g/mol. The van der Waals surface area contributed by atoms with E-state index >= 15 is 0 Å². The van der Waals surface area contributed by atoms with Crippen molar-refractivity contribution in [2.75, 3.05) is 42.4 Å². The van der Waals surface area contributed by atoms with Gasteiger partial charge in [0.05, 0.1) is 17.4 Å².